The molecule has 10 heteroatoms. The Bertz CT molecular complexity index is 1500. The predicted molar refractivity (Wildman–Crippen MR) is 332 cm³/mol. The fraction of sp³-hybridized carbons (Fsp3) is 0.821. The van der Waals surface area contributed by atoms with E-state index in [1.807, 2.05) is 33.3 Å². The van der Waals surface area contributed by atoms with Crippen LogP contribution in [0.4, 0.5) is 0 Å². The number of carbonyl (C=O) groups is 2. The average molecular weight is 1100 g/mol. The van der Waals surface area contributed by atoms with Gasteiger partial charge < -0.3 is 19.4 Å². The maximum atomic E-state index is 13.6. The molecule has 9 nitrogen and oxygen atoms in total. The van der Waals surface area contributed by atoms with Crippen molar-refractivity contribution < 1.29 is 37.3 Å². The first-order chi connectivity index (χ1) is 37.4. The van der Waals surface area contributed by atoms with E-state index in [0.717, 1.165) is 83.5 Å². The lowest BCUT2D eigenvalue weighted by Gasteiger charge is -2.27. The lowest BCUT2D eigenvalue weighted by Crippen LogP contribution is -2.47. The second-order valence-electron chi connectivity index (χ2n) is 23.3. The van der Waals surface area contributed by atoms with Gasteiger partial charge in [0.2, 0.25) is 5.91 Å². The Hall–Kier alpha value is -2.29. The molecule has 0 saturated heterocycles. The monoisotopic (exact) mass is 1100 g/mol. The van der Waals surface area contributed by atoms with Crippen LogP contribution in [0.1, 0.15) is 303 Å². The van der Waals surface area contributed by atoms with E-state index in [2.05, 4.69) is 74.7 Å². The Morgan fingerprint density at radius 2 is 0.792 bits per heavy atom. The second kappa shape index (κ2) is 57.0. The van der Waals surface area contributed by atoms with Gasteiger partial charge in [-0.05, 0) is 96.0 Å². The summed E-state index contributed by atoms with van der Waals surface area (Å²) < 4.78 is 30.7. The Morgan fingerprint density at radius 3 is 1.19 bits per heavy atom. The van der Waals surface area contributed by atoms with Crippen molar-refractivity contribution in [3.63, 3.8) is 0 Å². The minimum Gasteiger partial charge on any atom is -0.456 e. The Kier molecular flexibility index (Phi) is 55.3. The van der Waals surface area contributed by atoms with Gasteiger partial charge in [0.25, 0.3) is 0 Å². The first-order valence-electron chi connectivity index (χ1n) is 32.6. The predicted octanol–water partition coefficient (Wildman–Crippen LogP) is 20.2. The van der Waals surface area contributed by atoms with Gasteiger partial charge in [-0.25, -0.2) is 4.57 Å². The summed E-state index contributed by atoms with van der Waals surface area (Å²) in [6, 6.07) is -0.852. The molecule has 0 aromatic heterocycles. The normalized spacial score (nSPS) is 14.0. The van der Waals surface area contributed by atoms with Crippen molar-refractivity contribution in [2.45, 2.75) is 315 Å². The third kappa shape index (κ3) is 58.2. The lowest BCUT2D eigenvalue weighted by atomic mass is 10.0. The molecule has 0 aliphatic carbocycles. The van der Waals surface area contributed by atoms with Gasteiger partial charge in [-0.15, -0.1) is 0 Å². The molecular formula is C67H126N2O7P+. The number of amides is 1. The molecule has 77 heavy (non-hydrogen) atoms. The first kappa shape index (κ1) is 74.7. The number of phosphoric ester groups is 1. The van der Waals surface area contributed by atoms with E-state index < -0.39 is 20.0 Å². The molecule has 0 rings (SSSR count). The molecular weight excluding hydrogens is 976 g/mol. The highest BCUT2D eigenvalue weighted by molar-refractivity contribution is 7.47. The summed E-state index contributed by atoms with van der Waals surface area (Å²) in [7, 11) is 1.49. The number of allylic oxidation sites excluding steroid dienone is 9. The number of nitrogens with zero attached hydrogens (tertiary/aromatic N) is 1. The van der Waals surface area contributed by atoms with Crippen LogP contribution < -0.4 is 5.32 Å². The van der Waals surface area contributed by atoms with E-state index in [9.17, 15) is 19.0 Å². The van der Waals surface area contributed by atoms with Gasteiger partial charge in [-0.3, -0.25) is 18.6 Å². The zero-order valence-corrected chi connectivity index (χ0v) is 52.3. The van der Waals surface area contributed by atoms with Gasteiger partial charge in [-0.1, -0.05) is 255 Å². The third-order valence-electron chi connectivity index (χ3n) is 14.4. The number of unbranched alkanes of at least 4 members (excludes halogenated alkanes) is 35. The van der Waals surface area contributed by atoms with Crippen LogP contribution >= 0.6 is 7.82 Å². The van der Waals surface area contributed by atoms with Gasteiger partial charge >= 0.3 is 13.8 Å². The van der Waals surface area contributed by atoms with E-state index in [1.165, 1.54) is 186 Å². The number of ether oxygens (including phenoxy) is 1. The molecule has 0 aliphatic rings. The molecule has 3 unspecified atom stereocenters. The maximum absolute atomic E-state index is 13.6. The molecule has 0 spiro atoms. The molecule has 450 valence electrons. The Balaban J connectivity index is 5.12. The number of nitrogens with one attached hydrogen (secondary N) is 1. The van der Waals surface area contributed by atoms with Crippen molar-refractivity contribution in [3.8, 4) is 0 Å². The number of likely N-dealkylation sites (N-methyl/N-ethyl adjacent to an activating group) is 1. The Morgan fingerprint density at radius 1 is 0.455 bits per heavy atom. The van der Waals surface area contributed by atoms with E-state index in [0.29, 0.717) is 17.4 Å². The third-order valence-corrected chi connectivity index (χ3v) is 15.4. The minimum atomic E-state index is -4.45. The maximum Gasteiger partial charge on any atom is 0.472 e. The van der Waals surface area contributed by atoms with Crippen LogP contribution in [0.15, 0.2) is 60.8 Å². The first-order valence-corrected chi connectivity index (χ1v) is 34.1. The molecule has 0 aromatic carbocycles. The van der Waals surface area contributed by atoms with Gasteiger partial charge in [0.15, 0.2) is 0 Å². The summed E-state index contributed by atoms with van der Waals surface area (Å²) in [5.41, 5.74) is 0. The van der Waals surface area contributed by atoms with Crippen LogP contribution in [0.3, 0.4) is 0 Å². The highest BCUT2D eigenvalue weighted by atomic mass is 31.2. The van der Waals surface area contributed by atoms with Gasteiger partial charge in [-0.2, -0.15) is 0 Å². The molecule has 0 saturated carbocycles. The zero-order valence-electron chi connectivity index (χ0n) is 51.5. The summed E-state index contributed by atoms with van der Waals surface area (Å²) in [5, 5.41) is 3.06. The van der Waals surface area contributed by atoms with Crippen LogP contribution in [0, 0.1) is 0 Å². The number of hydrogen-bond donors (Lipinski definition) is 2. The van der Waals surface area contributed by atoms with Crippen LogP contribution in [-0.4, -0.2) is 74.3 Å². The summed E-state index contributed by atoms with van der Waals surface area (Å²) in [5.74, 6) is -0.508. The van der Waals surface area contributed by atoms with Crippen molar-refractivity contribution in [1.29, 1.82) is 0 Å². The molecule has 0 aliphatic heterocycles. The highest BCUT2D eigenvalue weighted by Gasteiger charge is 2.30. The average Bonchev–Trinajstić information content (AvgIpc) is 3.39. The molecule has 0 heterocycles. The topological polar surface area (TPSA) is 111 Å². The van der Waals surface area contributed by atoms with E-state index in [4.69, 9.17) is 13.8 Å². The summed E-state index contributed by atoms with van der Waals surface area (Å²) >= 11 is 0. The molecule has 1 amide bonds. The number of hydrogen-bond acceptors (Lipinski definition) is 6. The molecule has 0 fully saturated rings. The fourth-order valence-electron chi connectivity index (χ4n) is 9.35. The quantitative estimate of drug-likeness (QED) is 0.0205. The summed E-state index contributed by atoms with van der Waals surface area (Å²) in [6.07, 6.45) is 72.2. The van der Waals surface area contributed by atoms with E-state index in [-0.39, 0.29) is 31.5 Å². The SMILES string of the molecule is CCCCC/C=C\C/C=C\CCCCCCCCCCCCCCCC(=O)NC(COP(=O)(O)OCC[N+](C)(C)C)C(/C=C\CCCCCCCCCCC)OC(=O)CCCCCCCCC/C=C\C/C=C\CCCCC. The van der Waals surface area contributed by atoms with Crippen LogP contribution in [0.25, 0.3) is 0 Å². The molecule has 0 radical (unpaired) electrons. The Labute approximate surface area is 477 Å². The zero-order chi connectivity index (χ0) is 56.4. The van der Waals surface area contributed by atoms with Gasteiger partial charge in [0.1, 0.15) is 19.3 Å². The second-order valence-corrected chi connectivity index (χ2v) is 24.7. The molecule has 2 N–H and O–H groups in total. The number of quaternary nitrogens is 1. The molecule has 0 bridgehead atoms. The van der Waals surface area contributed by atoms with Crippen LogP contribution in [-0.2, 0) is 27.9 Å². The van der Waals surface area contributed by atoms with E-state index in [1.54, 1.807) is 0 Å². The molecule has 3 atom stereocenters. The van der Waals surface area contributed by atoms with Crippen molar-refractivity contribution in [3.05, 3.63) is 60.8 Å². The van der Waals surface area contributed by atoms with Crippen LogP contribution in [0.2, 0.25) is 0 Å². The van der Waals surface area contributed by atoms with Crippen molar-refractivity contribution in [1.82, 2.24) is 5.32 Å². The minimum absolute atomic E-state index is 0.0383. The number of esters is 1. The smallest absolute Gasteiger partial charge is 0.456 e. The summed E-state index contributed by atoms with van der Waals surface area (Å²) in [6.45, 7) is 6.98. The summed E-state index contributed by atoms with van der Waals surface area (Å²) in [4.78, 5) is 37.7. The molecule has 0 aromatic rings. The van der Waals surface area contributed by atoms with Crippen molar-refractivity contribution >= 4 is 19.7 Å². The van der Waals surface area contributed by atoms with Crippen molar-refractivity contribution in [2.24, 2.45) is 0 Å². The number of phosphoric acid groups is 1. The van der Waals surface area contributed by atoms with Gasteiger partial charge in [0.05, 0.1) is 33.8 Å². The fourth-order valence-corrected chi connectivity index (χ4v) is 10.1. The van der Waals surface area contributed by atoms with Gasteiger partial charge in [0, 0.05) is 12.8 Å². The van der Waals surface area contributed by atoms with Crippen molar-refractivity contribution in [2.75, 3.05) is 40.9 Å². The van der Waals surface area contributed by atoms with Crippen LogP contribution in [0.5, 0.6) is 0 Å². The number of carbonyl (C=O) groups excluding carboxylic acids is 2. The number of rotatable bonds is 59. The standard InChI is InChI=1S/C67H125N2O7P/c1-7-10-13-16-19-22-25-27-29-31-32-33-34-35-36-38-39-41-44-47-50-53-56-59-66(70)68-64(63-75-77(72,73)74-62-61-69(4,5)6)65(58-55-52-49-46-43-24-21-18-15-12-9-3)76-67(71)60-57-54-51-48-45-42-40-37-30-28-26-23-20-17-14-11-8-2/h19-20,22-23,27-30,55,58,64-65H,7-18,21,24-26,31-54,56-57,59-63H2,1-6H3,(H-,68,70,72,73)/p+1/b22-19-,23-20-,29-27-,30-28-,58-55-. The van der Waals surface area contributed by atoms with E-state index >= 15 is 0 Å². The highest BCUT2D eigenvalue weighted by Crippen LogP contribution is 2.43. The largest absolute Gasteiger partial charge is 0.472 e. The lowest BCUT2D eigenvalue weighted by molar-refractivity contribution is -0.870.